The number of nitrogens with zero attached hydrogens (tertiary/aromatic N) is 2. The van der Waals surface area contributed by atoms with Crippen LogP contribution in [0.4, 0.5) is 10.1 Å². The van der Waals surface area contributed by atoms with Crippen LogP contribution in [0, 0.1) is 24.1 Å². The molecule has 0 radical (unpaired) electrons. The molecule has 1 amide bonds. The third-order valence-electron chi connectivity index (χ3n) is 3.43. The number of nitrogens with one attached hydrogen (secondary N) is 1. The van der Waals surface area contributed by atoms with Crippen molar-refractivity contribution in [3.05, 3.63) is 63.3 Å². The number of carbonyl (C=O) groups excluding carboxylic acids is 1. The van der Waals surface area contributed by atoms with Gasteiger partial charge in [-0.25, -0.2) is 4.39 Å². The Morgan fingerprint density at radius 1 is 1.38 bits per heavy atom. The van der Waals surface area contributed by atoms with Gasteiger partial charge in [0.1, 0.15) is 24.0 Å². The molecular formula is C17H16FN3O3. The Balaban J connectivity index is 2.26. The normalized spacial score (nSPS) is 10.2. The summed E-state index contributed by atoms with van der Waals surface area (Å²) in [6.45, 7) is 1.57. The molecule has 0 aliphatic carbocycles. The highest BCUT2D eigenvalue weighted by molar-refractivity contribution is 5.90. The van der Waals surface area contributed by atoms with Crippen LogP contribution in [0.25, 0.3) is 0 Å². The van der Waals surface area contributed by atoms with Gasteiger partial charge in [0.05, 0.1) is 6.61 Å². The average Bonchev–Trinajstić information content (AvgIpc) is 2.54. The van der Waals surface area contributed by atoms with Crippen LogP contribution in [0.15, 0.2) is 35.1 Å². The molecule has 0 saturated heterocycles. The molecule has 2 rings (SSSR count). The number of anilines is 1. The van der Waals surface area contributed by atoms with Crippen molar-refractivity contribution in [2.75, 3.05) is 12.4 Å². The van der Waals surface area contributed by atoms with Crippen molar-refractivity contribution in [1.29, 1.82) is 5.26 Å². The van der Waals surface area contributed by atoms with Crippen LogP contribution < -0.4 is 10.9 Å². The van der Waals surface area contributed by atoms with E-state index in [0.29, 0.717) is 16.9 Å². The average molecular weight is 329 g/mol. The topological polar surface area (TPSA) is 84.1 Å². The Labute approximate surface area is 138 Å². The van der Waals surface area contributed by atoms with E-state index >= 15 is 0 Å². The van der Waals surface area contributed by atoms with E-state index in [-0.39, 0.29) is 18.7 Å². The third-order valence-corrected chi connectivity index (χ3v) is 3.43. The number of carbonyl (C=O) groups is 1. The molecule has 2 aromatic rings. The molecule has 1 aromatic carbocycles. The van der Waals surface area contributed by atoms with E-state index < -0.39 is 17.3 Å². The van der Waals surface area contributed by atoms with E-state index in [2.05, 4.69) is 5.32 Å². The minimum absolute atomic E-state index is 0.0444. The molecule has 24 heavy (non-hydrogen) atoms. The zero-order valence-electron chi connectivity index (χ0n) is 13.3. The summed E-state index contributed by atoms with van der Waals surface area (Å²) in [5.74, 6) is -0.859. The summed E-state index contributed by atoms with van der Waals surface area (Å²) < 4.78 is 19.1. The standard InChI is InChI=1S/C17H16FN3O3/c1-11-7-12(10-24-2)15(8-19)17(23)21(11)9-16(22)20-14-5-3-13(18)4-6-14/h3-7H,9-10H2,1-2H3,(H,20,22). The molecule has 7 heteroatoms. The lowest BCUT2D eigenvalue weighted by Crippen LogP contribution is -2.31. The lowest BCUT2D eigenvalue weighted by molar-refractivity contribution is -0.116. The number of benzene rings is 1. The molecule has 0 unspecified atom stereocenters. The van der Waals surface area contributed by atoms with Crippen LogP contribution in [0.1, 0.15) is 16.8 Å². The van der Waals surface area contributed by atoms with Gasteiger partial charge in [0.2, 0.25) is 5.91 Å². The van der Waals surface area contributed by atoms with Crippen molar-refractivity contribution in [2.24, 2.45) is 0 Å². The second-order valence-corrected chi connectivity index (χ2v) is 5.18. The van der Waals surface area contributed by atoms with Gasteiger partial charge in [0.15, 0.2) is 0 Å². The maximum Gasteiger partial charge on any atom is 0.269 e. The molecule has 0 aliphatic rings. The first-order valence-corrected chi connectivity index (χ1v) is 7.14. The first kappa shape index (κ1) is 17.4. The summed E-state index contributed by atoms with van der Waals surface area (Å²) in [4.78, 5) is 24.5. The van der Waals surface area contributed by atoms with Crippen molar-refractivity contribution < 1.29 is 13.9 Å². The summed E-state index contributed by atoms with van der Waals surface area (Å²) in [5.41, 5.74) is 0.859. The van der Waals surface area contributed by atoms with Crippen LogP contribution in [0.3, 0.4) is 0 Å². The highest BCUT2D eigenvalue weighted by Gasteiger charge is 2.15. The zero-order chi connectivity index (χ0) is 17.7. The summed E-state index contributed by atoms with van der Waals surface area (Å²) in [6.07, 6.45) is 0. The van der Waals surface area contributed by atoms with Gasteiger partial charge in [0.25, 0.3) is 5.56 Å². The summed E-state index contributed by atoms with van der Waals surface area (Å²) >= 11 is 0. The number of aromatic nitrogens is 1. The van der Waals surface area contributed by atoms with E-state index in [1.807, 2.05) is 6.07 Å². The number of hydrogen-bond acceptors (Lipinski definition) is 4. The Kier molecular flexibility index (Phi) is 5.45. The zero-order valence-corrected chi connectivity index (χ0v) is 13.3. The lowest BCUT2D eigenvalue weighted by Gasteiger charge is -2.13. The van der Waals surface area contributed by atoms with Crippen molar-refractivity contribution in [2.45, 2.75) is 20.1 Å². The van der Waals surface area contributed by atoms with Crippen molar-refractivity contribution in [1.82, 2.24) is 4.57 Å². The van der Waals surface area contributed by atoms with Gasteiger partial charge in [-0.05, 0) is 37.3 Å². The highest BCUT2D eigenvalue weighted by atomic mass is 19.1. The maximum absolute atomic E-state index is 12.9. The molecule has 0 aliphatic heterocycles. The SMILES string of the molecule is COCc1cc(C)n(CC(=O)Nc2ccc(F)cc2)c(=O)c1C#N. The van der Waals surface area contributed by atoms with E-state index in [1.54, 1.807) is 13.0 Å². The predicted molar refractivity (Wildman–Crippen MR) is 85.9 cm³/mol. The van der Waals surface area contributed by atoms with Gasteiger partial charge in [0, 0.05) is 24.1 Å². The highest BCUT2D eigenvalue weighted by Crippen LogP contribution is 2.10. The molecule has 124 valence electrons. The molecule has 0 bridgehead atoms. The first-order chi connectivity index (χ1) is 11.5. The monoisotopic (exact) mass is 329 g/mol. The van der Waals surface area contributed by atoms with Crippen LogP contribution in [-0.4, -0.2) is 17.6 Å². The van der Waals surface area contributed by atoms with Gasteiger partial charge in [-0.2, -0.15) is 5.26 Å². The second kappa shape index (κ2) is 7.53. The summed E-state index contributed by atoms with van der Waals surface area (Å²) in [5, 5.41) is 11.8. The molecule has 0 spiro atoms. The maximum atomic E-state index is 12.9. The van der Waals surface area contributed by atoms with Crippen LogP contribution in [-0.2, 0) is 22.7 Å². The molecule has 0 atom stereocenters. The Bertz CT molecular complexity index is 851. The number of hydrogen-bond donors (Lipinski definition) is 1. The minimum Gasteiger partial charge on any atom is -0.380 e. The number of pyridine rings is 1. The summed E-state index contributed by atoms with van der Waals surface area (Å²) in [6, 6.07) is 8.80. The number of ether oxygens (including phenoxy) is 1. The Morgan fingerprint density at radius 3 is 2.62 bits per heavy atom. The fraction of sp³-hybridized carbons (Fsp3) is 0.235. The molecule has 6 nitrogen and oxygen atoms in total. The fourth-order valence-corrected chi connectivity index (χ4v) is 2.30. The first-order valence-electron chi connectivity index (χ1n) is 7.14. The van der Waals surface area contributed by atoms with E-state index in [9.17, 15) is 19.2 Å². The Hall–Kier alpha value is -2.98. The van der Waals surface area contributed by atoms with E-state index in [0.717, 1.165) is 0 Å². The second-order valence-electron chi connectivity index (χ2n) is 5.18. The van der Waals surface area contributed by atoms with Gasteiger partial charge < -0.3 is 14.6 Å². The molecule has 1 aromatic heterocycles. The largest absolute Gasteiger partial charge is 0.380 e. The number of aryl methyl sites for hydroxylation is 1. The minimum atomic E-state index is -0.543. The number of amides is 1. The quantitative estimate of drug-likeness (QED) is 0.909. The van der Waals surface area contributed by atoms with Gasteiger partial charge in [-0.15, -0.1) is 0 Å². The molecule has 1 heterocycles. The molecule has 1 N–H and O–H groups in total. The number of halogens is 1. The van der Waals surface area contributed by atoms with Crippen molar-refractivity contribution in [3.63, 3.8) is 0 Å². The van der Waals surface area contributed by atoms with Crippen LogP contribution >= 0.6 is 0 Å². The Morgan fingerprint density at radius 2 is 2.04 bits per heavy atom. The lowest BCUT2D eigenvalue weighted by atomic mass is 10.1. The van der Waals surface area contributed by atoms with E-state index in [4.69, 9.17) is 4.74 Å². The predicted octanol–water partition coefficient (Wildman–Crippen LogP) is 1.95. The van der Waals surface area contributed by atoms with Crippen molar-refractivity contribution >= 4 is 11.6 Å². The number of nitriles is 1. The van der Waals surface area contributed by atoms with Gasteiger partial charge in [-0.3, -0.25) is 9.59 Å². The molecule has 0 fully saturated rings. The van der Waals surface area contributed by atoms with E-state index in [1.165, 1.54) is 35.9 Å². The third kappa shape index (κ3) is 3.86. The van der Waals surface area contributed by atoms with Crippen molar-refractivity contribution in [3.8, 4) is 6.07 Å². The smallest absolute Gasteiger partial charge is 0.269 e. The van der Waals surface area contributed by atoms with Gasteiger partial charge in [-0.1, -0.05) is 0 Å². The molecular weight excluding hydrogens is 313 g/mol. The summed E-state index contributed by atoms with van der Waals surface area (Å²) in [7, 11) is 1.47. The molecule has 0 saturated carbocycles. The number of rotatable bonds is 5. The van der Waals surface area contributed by atoms with Crippen LogP contribution in [0.2, 0.25) is 0 Å². The number of methoxy groups -OCH3 is 1. The fourth-order valence-electron chi connectivity index (χ4n) is 2.30. The van der Waals surface area contributed by atoms with Crippen LogP contribution in [0.5, 0.6) is 0 Å². The van der Waals surface area contributed by atoms with Gasteiger partial charge >= 0.3 is 0 Å².